The van der Waals surface area contributed by atoms with E-state index in [2.05, 4.69) is 33.8 Å². The third-order valence-corrected chi connectivity index (χ3v) is 4.60. The summed E-state index contributed by atoms with van der Waals surface area (Å²) in [7, 11) is 0. The molecule has 3 rings (SSSR count). The summed E-state index contributed by atoms with van der Waals surface area (Å²) < 4.78 is 27.1. The lowest BCUT2D eigenvalue weighted by atomic mass is 9.68. The number of fused-ring (bicyclic) bond motifs is 1. The molecule has 0 aliphatic heterocycles. The van der Waals surface area contributed by atoms with Crippen LogP contribution in [0, 0.1) is 11.6 Å². The van der Waals surface area contributed by atoms with Gasteiger partial charge in [0.2, 0.25) is 0 Å². The van der Waals surface area contributed by atoms with E-state index in [-0.39, 0.29) is 17.0 Å². The summed E-state index contributed by atoms with van der Waals surface area (Å²) >= 11 is 0. The molecule has 0 amide bonds. The average Bonchev–Trinajstić information content (AvgIpc) is 2.48. The van der Waals surface area contributed by atoms with Crippen LogP contribution in [-0.2, 0) is 5.41 Å². The molecule has 0 nitrogen and oxygen atoms in total. The van der Waals surface area contributed by atoms with Crippen LogP contribution in [0.15, 0.2) is 59.7 Å². The molecule has 2 aromatic carbocycles. The average molecular weight is 310 g/mol. The molecule has 0 heterocycles. The van der Waals surface area contributed by atoms with Crippen LogP contribution in [0.1, 0.15) is 44.4 Å². The molecule has 0 unspecified atom stereocenters. The molecule has 0 atom stereocenters. The summed E-state index contributed by atoms with van der Waals surface area (Å²) in [6.07, 6.45) is 2.16. The van der Waals surface area contributed by atoms with Gasteiger partial charge in [-0.25, -0.2) is 8.78 Å². The third kappa shape index (κ3) is 2.63. The molecule has 23 heavy (non-hydrogen) atoms. The first-order valence-corrected chi connectivity index (χ1v) is 7.76. The van der Waals surface area contributed by atoms with Gasteiger partial charge in [-0.2, -0.15) is 0 Å². The van der Waals surface area contributed by atoms with E-state index >= 15 is 0 Å². The van der Waals surface area contributed by atoms with Crippen molar-refractivity contribution in [1.82, 2.24) is 0 Å². The summed E-state index contributed by atoms with van der Waals surface area (Å²) in [5, 5.41) is 0. The Morgan fingerprint density at radius 1 is 0.870 bits per heavy atom. The summed E-state index contributed by atoms with van der Waals surface area (Å²) in [6.45, 7) is 8.37. The Balaban J connectivity index is 2.31. The maximum atomic E-state index is 13.9. The van der Waals surface area contributed by atoms with E-state index in [0.717, 1.165) is 22.3 Å². The molecule has 0 fully saturated rings. The van der Waals surface area contributed by atoms with Gasteiger partial charge in [0.15, 0.2) is 0 Å². The van der Waals surface area contributed by atoms with Crippen LogP contribution in [0.25, 0.3) is 5.57 Å². The first-order chi connectivity index (χ1) is 10.8. The summed E-state index contributed by atoms with van der Waals surface area (Å²) in [5.41, 5.74) is 6.03. The Morgan fingerprint density at radius 3 is 2.09 bits per heavy atom. The second-order valence-corrected chi connectivity index (χ2v) is 6.79. The predicted octanol–water partition coefficient (Wildman–Crippen LogP) is 6.02. The molecular formula is C21H20F2. The van der Waals surface area contributed by atoms with Gasteiger partial charge in [0, 0.05) is 5.41 Å². The van der Waals surface area contributed by atoms with Crippen molar-refractivity contribution >= 4 is 5.57 Å². The highest BCUT2D eigenvalue weighted by Gasteiger charge is 2.33. The lowest BCUT2D eigenvalue weighted by Crippen LogP contribution is -2.26. The van der Waals surface area contributed by atoms with Crippen molar-refractivity contribution in [2.45, 2.75) is 33.1 Å². The van der Waals surface area contributed by atoms with Gasteiger partial charge in [0.25, 0.3) is 0 Å². The fourth-order valence-electron chi connectivity index (χ4n) is 3.45. The number of hydrogen-bond donors (Lipinski definition) is 0. The van der Waals surface area contributed by atoms with E-state index < -0.39 is 0 Å². The Hall–Kier alpha value is -2.22. The van der Waals surface area contributed by atoms with E-state index in [4.69, 9.17) is 0 Å². The highest BCUT2D eigenvalue weighted by Crippen LogP contribution is 2.45. The molecule has 2 aromatic rings. The Labute approximate surface area is 136 Å². The number of rotatable bonds is 1. The van der Waals surface area contributed by atoms with E-state index in [1.165, 1.54) is 29.3 Å². The van der Waals surface area contributed by atoms with Crippen LogP contribution in [0.2, 0.25) is 0 Å². The molecule has 2 heteroatoms. The number of benzene rings is 2. The summed E-state index contributed by atoms with van der Waals surface area (Å²) in [6, 6.07) is 11.4. The highest BCUT2D eigenvalue weighted by atomic mass is 19.1. The predicted molar refractivity (Wildman–Crippen MR) is 91.3 cm³/mol. The van der Waals surface area contributed by atoms with Crippen LogP contribution < -0.4 is 0 Å². The normalized spacial score (nSPS) is 15.9. The fraction of sp³-hybridized carbons (Fsp3) is 0.238. The van der Waals surface area contributed by atoms with Crippen LogP contribution in [0.3, 0.4) is 0 Å². The summed E-state index contributed by atoms with van der Waals surface area (Å²) in [5.74, 6) is -0.488. The van der Waals surface area contributed by atoms with Crippen molar-refractivity contribution in [3.8, 4) is 0 Å². The quantitative estimate of drug-likeness (QED) is 0.604. The number of allylic oxidation sites excluding steroid dienone is 3. The van der Waals surface area contributed by atoms with Gasteiger partial charge in [0.1, 0.15) is 11.6 Å². The molecule has 118 valence electrons. The maximum absolute atomic E-state index is 13.9. The van der Waals surface area contributed by atoms with Crippen LogP contribution in [-0.4, -0.2) is 0 Å². The molecule has 0 saturated heterocycles. The largest absolute Gasteiger partial charge is 0.207 e. The van der Waals surface area contributed by atoms with Crippen molar-refractivity contribution < 1.29 is 8.78 Å². The zero-order chi connectivity index (χ0) is 16.8. The van der Waals surface area contributed by atoms with Gasteiger partial charge in [-0.3, -0.25) is 0 Å². The van der Waals surface area contributed by atoms with Crippen molar-refractivity contribution in [3.63, 3.8) is 0 Å². The van der Waals surface area contributed by atoms with E-state index in [9.17, 15) is 8.78 Å². The Bertz CT molecular complexity index is 817. The monoisotopic (exact) mass is 310 g/mol. The van der Waals surface area contributed by atoms with Crippen molar-refractivity contribution in [1.29, 1.82) is 0 Å². The molecule has 0 N–H and O–H groups in total. The summed E-state index contributed by atoms with van der Waals surface area (Å²) in [4.78, 5) is 0. The van der Waals surface area contributed by atoms with Gasteiger partial charge in [-0.05, 0) is 72.0 Å². The molecule has 1 aliphatic carbocycles. The standard InChI is InChI=1S/C21H20F2/c1-13(2)19-12-18(14-5-7-15(22)8-6-14)17-10-9-16(23)11-20(17)21(19,3)4/h5-12H,1-4H3. The van der Waals surface area contributed by atoms with Gasteiger partial charge in [-0.1, -0.05) is 37.6 Å². The lowest BCUT2D eigenvalue weighted by molar-refractivity contribution is 0.593. The first-order valence-electron chi connectivity index (χ1n) is 7.76. The van der Waals surface area contributed by atoms with Crippen LogP contribution in [0.4, 0.5) is 8.78 Å². The first kappa shape index (κ1) is 15.7. The second kappa shape index (κ2) is 5.45. The number of hydrogen-bond acceptors (Lipinski definition) is 0. The van der Waals surface area contributed by atoms with Crippen LogP contribution >= 0.6 is 0 Å². The minimum atomic E-state index is -0.264. The molecule has 1 aliphatic rings. The van der Waals surface area contributed by atoms with Crippen molar-refractivity contribution in [3.05, 3.63) is 88.0 Å². The topological polar surface area (TPSA) is 0 Å². The van der Waals surface area contributed by atoms with Gasteiger partial charge in [0.05, 0.1) is 0 Å². The van der Waals surface area contributed by atoms with Gasteiger partial charge >= 0.3 is 0 Å². The zero-order valence-corrected chi connectivity index (χ0v) is 13.9. The second-order valence-electron chi connectivity index (χ2n) is 6.79. The molecule has 0 bridgehead atoms. The third-order valence-electron chi connectivity index (χ3n) is 4.60. The van der Waals surface area contributed by atoms with Crippen LogP contribution in [0.5, 0.6) is 0 Å². The smallest absolute Gasteiger partial charge is 0.123 e. The molecule has 0 aromatic heterocycles. The SMILES string of the molecule is CC(C)=C1C=C(c2ccc(F)cc2)c2ccc(F)cc2C1(C)C. The number of halogens is 2. The van der Waals surface area contributed by atoms with E-state index in [0.29, 0.717) is 0 Å². The van der Waals surface area contributed by atoms with Gasteiger partial charge < -0.3 is 0 Å². The van der Waals surface area contributed by atoms with Crippen molar-refractivity contribution in [2.24, 2.45) is 0 Å². The molecule has 0 spiro atoms. The fourth-order valence-corrected chi connectivity index (χ4v) is 3.45. The Morgan fingerprint density at radius 2 is 1.48 bits per heavy atom. The maximum Gasteiger partial charge on any atom is 0.123 e. The minimum absolute atomic E-state index is 0.231. The molecular weight excluding hydrogens is 290 g/mol. The van der Waals surface area contributed by atoms with E-state index in [1.807, 2.05) is 6.07 Å². The molecule has 0 radical (unpaired) electrons. The van der Waals surface area contributed by atoms with E-state index in [1.54, 1.807) is 18.2 Å². The Kier molecular flexibility index (Phi) is 3.71. The highest BCUT2D eigenvalue weighted by molar-refractivity contribution is 5.87. The van der Waals surface area contributed by atoms with Gasteiger partial charge in [-0.15, -0.1) is 0 Å². The lowest BCUT2D eigenvalue weighted by Gasteiger charge is -2.36. The van der Waals surface area contributed by atoms with Crippen molar-refractivity contribution in [2.75, 3.05) is 0 Å². The molecule has 0 saturated carbocycles. The zero-order valence-electron chi connectivity index (χ0n) is 13.9. The minimum Gasteiger partial charge on any atom is -0.207 e.